The number of halogens is 1. The largest absolute Gasteiger partial charge is 0.493 e. The highest BCUT2D eigenvalue weighted by molar-refractivity contribution is 7.89. The van der Waals surface area contributed by atoms with Crippen LogP contribution in [0.4, 0.5) is 10.2 Å². The van der Waals surface area contributed by atoms with Gasteiger partial charge in [0.15, 0.2) is 0 Å². The van der Waals surface area contributed by atoms with Crippen molar-refractivity contribution in [1.82, 2.24) is 9.29 Å². The van der Waals surface area contributed by atoms with Crippen LogP contribution in [0.1, 0.15) is 64.2 Å². The van der Waals surface area contributed by atoms with Gasteiger partial charge in [-0.05, 0) is 63.1 Å². The van der Waals surface area contributed by atoms with E-state index in [1.54, 1.807) is 6.07 Å². The number of sulfonamides is 1. The van der Waals surface area contributed by atoms with Gasteiger partial charge >= 0.3 is 0 Å². The first-order chi connectivity index (χ1) is 18.2. The Morgan fingerprint density at radius 3 is 2.54 bits per heavy atom. The Bertz CT molecular complexity index is 1350. The minimum absolute atomic E-state index is 0.132. The molecule has 39 heavy (non-hydrogen) atoms. The van der Waals surface area contributed by atoms with Gasteiger partial charge < -0.3 is 21.1 Å². The summed E-state index contributed by atoms with van der Waals surface area (Å²) in [6.07, 6.45) is 2.13. The van der Waals surface area contributed by atoms with Crippen molar-refractivity contribution in [3.8, 4) is 17.0 Å². The topological polar surface area (TPSA) is 132 Å². The van der Waals surface area contributed by atoms with E-state index >= 15 is 0 Å². The van der Waals surface area contributed by atoms with E-state index in [4.69, 9.17) is 21.2 Å². The second-order valence-electron chi connectivity index (χ2n) is 11.9. The normalized spacial score (nSPS) is 21.9. The van der Waals surface area contributed by atoms with Gasteiger partial charge in [0.2, 0.25) is 10.0 Å². The van der Waals surface area contributed by atoms with Crippen LogP contribution in [0.2, 0.25) is 0 Å². The summed E-state index contributed by atoms with van der Waals surface area (Å²) < 4.78 is 49.9. The fourth-order valence-corrected chi connectivity index (χ4v) is 7.38. The minimum atomic E-state index is -4.18. The van der Waals surface area contributed by atoms with Crippen molar-refractivity contribution in [2.24, 2.45) is 23.3 Å². The van der Waals surface area contributed by atoms with Crippen LogP contribution in [0.5, 0.6) is 5.75 Å². The molecule has 4 N–H and O–H groups in total. The molecule has 0 bridgehead atoms. The fourth-order valence-electron chi connectivity index (χ4n) is 5.63. The molecule has 11 heteroatoms. The summed E-state index contributed by atoms with van der Waals surface area (Å²) in [7, 11) is -4.18. The Morgan fingerprint density at radius 2 is 1.95 bits per heavy atom. The molecular formula is C28H40FN5O4S. The molecule has 9 nitrogen and oxygen atoms in total. The Hall–Kier alpha value is -2.76. The van der Waals surface area contributed by atoms with Crippen LogP contribution in [-0.4, -0.2) is 61.4 Å². The Morgan fingerprint density at radius 1 is 1.23 bits per heavy atom. The standard InChI is InChI=1S/C28H40FN5O4S/c1-17(2)16-38-22-10-19(9-20(29)11-22)23-12-24(39(36,37)33-8-6-7-21(30)15-33)25(26(31)35)27(32-23)34-14-18(3)13-28(34,4)5/h9-12,17-18,21H,6-8,13-16,30H2,1-5H3,(H2,31,35)/t18-,21-/m0/s1. The number of nitrogens with two attached hydrogens (primary N) is 2. The number of hydrogen-bond acceptors (Lipinski definition) is 7. The molecule has 1 aromatic carbocycles. The van der Waals surface area contributed by atoms with Crippen molar-refractivity contribution in [2.75, 3.05) is 31.1 Å². The first-order valence-corrected chi connectivity index (χ1v) is 14.9. The number of ether oxygens (including phenoxy) is 1. The lowest BCUT2D eigenvalue weighted by molar-refractivity contribution is 0.0997. The van der Waals surface area contributed by atoms with Gasteiger partial charge in [0, 0.05) is 42.8 Å². The SMILES string of the molecule is CC(C)COc1cc(F)cc(-c2cc(S(=O)(=O)N3CCC[C@H](N)C3)c(C(N)=O)c(N3C[C@@H](C)CC3(C)C)n2)c1. The molecule has 1 amide bonds. The number of hydrogen-bond donors (Lipinski definition) is 2. The number of piperidine rings is 1. The molecule has 0 aliphatic carbocycles. The number of carbonyl (C=O) groups excluding carboxylic acids is 1. The van der Waals surface area contributed by atoms with Gasteiger partial charge in [0.1, 0.15) is 27.8 Å². The van der Waals surface area contributed by atoms with Crippen LogP contribution in [-0.2, 0) is 10.0 Å². The molecule has 0 radical (unpaired) electrons. The fraction of sp³-hybridized carbons (Fsp3) is 0.571. The molecule has 0 spiro atoms. The van der Waals surface area contributed by atoms with Crippen molar-refractivity contribution in [3.63, 3.8) is 0 Å². The molecule has 1 aromatic heterocycles. The van der Waals surface area contributed by atoms with Gasteiger partial charge in [0.05, 0.1) is 12.3 Å². The Balaban J connectivity index is 1.96. The lowest BCUT2D eigenvalue weighted by Gasteiger charge is -2.35. The van der Waals surface area contributed by atoms with Crippen LogP contribution < -0.4 is 21.1 Å². The molecule has 2 aliphatic heterocycles. The zero-order chi connectivity index (χ0) is 28.7. The second-order valence-corrected chi connectivity index (χ2v) is 13.9. The molecule has 0 unspecified atom stereocenters. The van der Waals surface area contributed by atoms with Crippen LogP contribution in [0.15, 0.2) is 29.2 Å². The summed E-state index contributed by atoms with van der Waals surface area (Å²) in [5.74, 6) is -0.444. The predicted octanol–water partition coefficient (Wildman–Crippen LogP) is 3.76. The van der Waals surface area contributed by atoms with Crippen molar-refractivity contribution < 1.29 is 22.3 Å². The van der Waals surface area contributed by atoms with Crippen molar-refractivity contribution in [1.29, 1.82) is 0 Å². The third-order valence-corrected chi connectivity index (χ3v) is 9.22. The number of carbonyl (C=O) groups is 1. The van der Waals surface area contributed by atoms with Gasteiger partial charge in [-0.2, -0.15) is 4.31 Å². The highest BCUT2D eigenvalue weighted by Crippen LogP contribution is 2.41. The summed E-state index contributed by atoms with van der Waals surface area (Å²) in [6.45, 7) is 11.5. The molecule has 0 saturated carbocycles. The van der Waals surface area contributed by atoms with E-state index in [1.807, 2.05) is 32.6 Å². The molecule has 2 atom stereocenters. The number of nitrogens with zero attached hydrogens (tertiary/aromatic N) is 3. The molecular weight excluding hydrogens is 521 g/mol. The summed E-state index contributed by atoms with van der Waals surface area (Å²) in [6, 6.07) is 5.21. The van der Waals surface area contributed by atoms with E-state index in [9.17, 15) is 17.6 Å². The van der Waals surface area contributed by atoms with E-state index in [-0.39, 0.29) is 52.9 Å². The first kappa shape index (κ1) is 29.2. The number of rotatable bonds is 8. The molecule has 214 valence electrons. The maximum Gasteiger partial charge on any atom is 0.253 e. The number of amides is 1. The third-order valence-electron chi connectivity index (χ3n) is 7.33. The van der Waals surface area contributed by atoms with E-state index in [0.29, 0.717) is 37.3 Å². The molecule has 3 heterocycles. The maximum atomic E-state index is 14.8. The van der Waals surface area contributed by atoms with Gasteiger partial charge in [-0.15, -0.1) is 0 Å². The first-order valence-electron chi connectivity index (χ1n) is 13.5. The monoisotopic (exact) mass is 561 g/mol. The average molecular weight is 562 g/mol. The summed E-state index contributed by atoms with van der Waals surface area (Å²) in [4.78, 5) is 19.4. The number of anilines is 1. The van der Waals surface area contributed by atoms with Crippen LogP contribution in [0.3, 0.4) is 0 Å². The van der Waals surface area contributed by atoms with Crippen molar-refractivity contribution >= 4 is 21.7 Å². The maximum absolute atomic E-state index is 14.8. The summed E-state index contributed by atoms with van der Waals surface area (Å²) in [5.41, 5.74) is 11.9. The van der Waals surface area contributed by atoms with Crippen LogP contribution in [0.25, 0.3) is 11.3 Å². The lowest BCUT2D eigenvalue weighted by atomic mass is 9.97. The number of aromatic nitrogens is 1. The highest BCUT2D eigenvalue weighted by Gasteiger charge is 2.42. The van der Waals surface area contributed by atoms with E-state index in [0.717, 1.165) is 6.42 Å². The highest BCUT2D eigenvalue weighted by atomic mass is 32.2. The molecule has 2 aliphatic rings. The van der Waals surface area contributed by atoms with Gasteiger partial charge in [0.25, 0.3) is 5.91 Å². The Kier molecular flexibility index (Phi) is 8.26. The molecule has 2 saturated heterocycles. The quantitative estimate of drug-likeness (QED) is 0.502. The zero-order valence-electron chi connectivity index (χ0n) is 23.4. The third kappa shape index (κ3) is 6.20. The van der Waals surface area contributed by atoms with E-state index in [2.05, 4.69) is 6.92 Å². The van der Waals surface area contributed by atoms with Gasteiger partial charge in [-0.3, -0.25) is 4.79 Å². The van der Waals surface area contributed by atoms with Gasteiger partial charge in [-0.25, -0.2) is 17.8 Å². The number of primary amides is 1. The van der Waals surface area contributed by atoms with Gasteiger partial charge in [-0.1, -0.05) is 20.8 Å². The minimum Gasteiger partial charge on any atom is -0.493 e. The average Bonchev–Trinajstić information content (AvgIpc) is 3.13. The van der Waals surface area contributed by atoms with Crippen LogP contribution >= 0.6 is 0 Å². The number of pyridine rings is 1. The van der Waals surface area contributed by atoms with E-state index in [1.165, 1.54) is 22.5 Å². The van der Waals surface area contributed by atoms with Crippen molar-refractivity contribution in [3.05, 3.63) is 35.6 Å². The molecule has 4 rings (SSSR count). The molecule has 2 fully saturated rings. The lowest BCUT2D eigenvalue weighted by Crippen LogP contribution is -2.46. The Labute approximate surface area is 230 Å². The van der Waals surface area contributed by atoms with Crippen molar-refractivity contribution in [2.45, 2.75) is 70.4 Å². The van der Waals surface area contributed by atoms with Crippen LogP contribution in [0, 0.1) is 17.7 Å². The summed E-state index contributed by atoms with van der Waals surface area (Å²) >= 11 is 0. The predicted molar refractivity (Wildman–Crippen MR) is 150 cm³/mol. The van der Waals surface area contributed by atoms with E-state index < -0.39 is 27.3 Å². The zero-order valence-corrected chi connectivity index (χ0v) is 24.2. The number of benzene rings is 1. The smallest absolute Gasteiger partial charge is 0.253 e. The second kappa shape index (κ2) is 11.0. The molecule has 2 aromatic rings. The summed E-state index contributed by atoms with van der Waals surface area (Å²) in [5, 5.41) is 0.